The number of H-pyrrole nitrogens is 1. The fraction of sp³-hybridized carbons (Fsp3) is 0.263. The van der Waals surface area contributed by atoms with Crippen LogP contribution in [0.15, 0.2) is 41.1 Å². The van der Waals surface area contributed by atoms with Crippen LogP contribution in [-0.2, 0) is 11.2 Å². The van der Waals surface area contributed by atoms with Gasteiger partial charge in [-0.15, -0.1) is 0 Å². The average Bonchev–Trinajstić information content (AvgIpc) is 3.37. The summed E-state index contributed by atoms with van der Waals surface area (Å²) in [4.78, 5) is 32.2. The summed E-state index contributed by atoms with van der Waals surface area (Å²) in [7, 11) is 0. The number of para-hydroxylation sites is 1. The zero-order valence-corrected chi connectivity index (χ0v) is 14.8. The molecule has 8 nitrogen and oxygen atoms in total. The molecular formula is C19H19N5O3. The molecule has 2 aromatic heterocycles. The summed E-state index contributed by atoms with van der Waals surface area (Å²) in [5.41, 5.74) is 8.34. The molecule has 0 saturated carbocycles. The van der Waals surface area contributed by atoms with Crippen molar-refractivity contribution in [3.05, 3.63) is 53.5 Å². The smallest absolute Gasteiger partial charge is 0.250 e. The standard InChI is InChI=1S/C19H19N5O3/c1-11(25)24-10-12(14-4-2-3-5-16(14)24)6-7-17-22-19(23-27-17)15-8-13(9-21-15)18(20)26/h2-5,8-9,12,21H,6-7,10H2,1H3,(H2,20,26). The Balaban J connectivity index is 1.46. The van der Waals surface area contributed by atoms with Gasteiger partial charge in [-0.2, -0.15) is 4.98 Å². The summed E-state index contributed by atoms with van der Waals surface area (Å²) in [5, 5.41) is 3.96. The monoisotopic (exact) mass is 365 g/mol. The molecule has 3 heterocycles. The number of fused-ring (bicyclic) bond motifs is 1. The van der Waals surface area contributed by atoms with Crippen molar-refractivity contribution >= 4 is 17.5 Å². The minimum Gasteiger partial charge on any atom is -0.366 e. The second-order valence-corrected chi connectivity index (χ2v) is 6.60. The lowest BCUT2D eigenvalue weighted by molar-refractivity contribution is -0.116. The number of hydrogen-bond acceptors (Lipinski definition) is 5. The second kappa shape index (κ2) is 6.71. The number of aryl methyl sites for hydroxylation is 1. The quantitative estimate of drug-likeness (QED) is 0.719. The highest BCUT2D eigenvalue weighted by molar-refractivity contribution is 5.94. The van der Waals surface area contributed by atoms with Crippen LogP contribution in [0.5, 0.6) is 0 Å². The first kappa shape index (κ1) is 17.0. The van der Waals surface area contributed by atoms with Gasteiger partial charge in [0, 0.05) is 37.7 Å². The highest BCUT2D eigenvalue weighted by Crippen LogP contribution is 2.38. The first-order chi connectivity index (χ1) is 13.0. The Morgan fingerprint density at radius 2 is 2.19 bits per heavy atom. The van der Waals surface area contributed by atoms with Crippen molar-refractivity contribution in [1.29, 1.82) is 0 Å². The number of carbonyl (C=O) groups is 2. The van der Waals surface area contributed by atoms with Gasteiger partial charge >= 0.3 is 0 Å². The van der Waals surface area contributed by atoms with Gasteiger partial charge in [0.2, 0.25) is 23.5 Å². The average molecular weight is 365 g/mol. The summed E-state index contributed by atoms with van der Waals surface area (Å²) in [5.74, 6) is 0.652. The number of aromatic nitrogens is 3. The van der Waals surface area contributed by atoms with Crippen molar-refractivity contribution in [2.45, 2.75) is 25.7 Å². The molecule has 0 fully saturated rings. The number of nitrogens with zero attached hydrogens (tertiary/aromatic N) is 3. The third-order valence-electron chi connectivity index (χ3n) is 4.83. The van der Waals surface area contributed by atoms with E-state index in [2.05, 4.69) is 21.2 Å². The molecule has 3 aromatic rings. The van der Waals surface area contributed by atoms with Crippen LogP contribution in [-0.4, -0.2) is 33.5 Å². The van der Waals surface area contributed by atoms with Crippen LogP contribution in [0.4, 0.5) is 5.69 Å². The summed E-state index contributed by atoms with van der Waals surface area (Å²) in [6, 6.07) is 9.56. The van der Waals surface area contributed by atoms with E-state index in [0.717, 1.165) is 12.1 Å². The van der Waals surface area contributed by atoms with Gasteiger partial charge in [0.15, 0.2) is 0 Å². The Kier molecular flexibility index (Phi) is 4.23. The van der Waals surface area contributed by atoms with E-state index in [9.17, 15) is 9.59 Å². The van der Waals surface area contributed by atoms with Gasteiger partial charge in [0.05, 0.1) is 11.3 Å². The number of benzene rings is 1. The topological polar surface area (TPSA) is 118 Å². The van der Waals surface area contributed by atoms with Crippen LogP contribution in [0, 0.1) is 0 Å². The molecule has 0 spiro atoms. The van der Waals surface area contributed by atoms with Crippen LogP contribution < -0.4 is 10.6 Å². The molecule has 0 aliphatic carbocycles. The summed E-state index contributed by atoms with van der Waals surface area (Å²) >= 11 is 0. The number of carbonyl (C=O) groups excluding carboxylic acids is 2. The van der Waals surface area contributed by atoms with E-state index in [1.165, 1.54) is 11.8 Å². The van der Waals surface area contributed by atoms with Crippen molar-refractivity contribution < 1.29 is 14.1 Å². The summed E-state index contributed by atoms with van der Waals surface area (Å²) < 4.78 is 5.33. The fourth-order valence-electron chi connectivity index (χ4n) is 3.47. The van der Waals surface area contributed by atoms with Crippen LogP contribution in [0.1, 0.15) is 41.1 Å². The molecule has 0 radical (unpaired) electrons. The molecule has 1 unspecified atom stereocenters. The molecule has 3 N–H and O–H groups in total. The van der Waals surface area contributed by atoms with Crippen molar-refractivity contribution in [3.63, 3.8) is 0 Å². The summed E-state index contributed by atoms with van der Waals surface area (Å²) in [6.07, 6.45) is 2.90. The molecule has 2 amide bonds. The van der Waals surface area contributed by atoms with Gasteiger partial charge in [-0.25, -0.2) is 0 Å². The Bertz CT molecular complexity index is 1010. The number of aromatic amines is 1. The SMILES string of the molecule is CC(=O)N1CC(CCc2nc(-c3cc(C(N)=O)c[nH]3)no2)c2ccccc21. The normalized spacial score (nSPS) is 15.7. The minimum atomic E-state index is -0.517. The molecule has 1 aliphatic rings. The third-order valence-corrected chi connectivity index (χ3v) is 4.83. The minimum absolute atomic E-state index is 0.0435. The van der Waals surface area contributed by atoms with E-state index < -0.39 is 5.91 Å². The molecule has 8 heteroatoms. The highest BCUT2D eigenvalue weighted by atomic mass is 16.5. The van der Waals surface area contributed by atoms with Gasteiger partial charge in [-0.3, -0.25) is 9.59 Å². The van der Waals surface area contributed by atoms with E-state index >= 15 is 0 Å². The highest BCUT2D eigenvalue weighted by Gasteiger charge is 2.30. The van der Waals surface area contributed by atoms with Crippen LogP contribution in [0.25, 0.3) is 11.5 Å². The maximum absolute atomic E-state index is 11.9. The Labute approximate surface area is 155 Å². The number of nitrogens with two attached hydrogens (primary N) is 1. The summed E-state index contributed by atoms with van der Waals surface area (Å²) in [6.45, 7) is 2.24. The Morgan fingerprint density at radius 3 is 2.93 bits per heavy atom. The third kappa shape index (κ3) is 3.21. The Morgan fingerprint density at radius 1 is 1.37 bits per heavy atom. The molecule has 27 heavy (non-hydrogen) atoms. The fourth-order valence-corrected chi connectivity index (χ4v) is 3.47. The van der Waals surface area contributed by atoms with Gasteiger partial charge in [-0.05, 0) is 24.1 Å². The van der Waals surface area contributed by atoms with E-state index in [4.69, 9.17) is 10.3 Å². The predicted octanol–water partition coefficient (Wildman–Crippen LogP) is 2.25. The molecule has 0 bridgehead atoms. The van der Waals surface area contributed by atoms with Crippen molar-refractivity contribution in [1.82, 2.24) is 15.1 Å². The molecule has 4 rings (SSSR count). The number of primary amides is 1. The molecule has 138 valence electrons. The second-order valence-electron chi connectivity index (χ2n) is 6.60. The molecule has 1 atom stereocenters. The van der Waals surface area contributed by atoms with Gasteiger partial charge < -0.3 is 20.1 Å². The van der Waals surface area contributed by atoms with E-state index in [-0.39, 0.29) is 11.8 Å². The van der Waals surface area contributed by atoms with Crippen LogP contribution in [0.3, 0.4) is 0 Å². The number of nitrogens with one attached hydrogen (secondary N) is 1. The molecule has 0 saturated heterocycles. The number of anilines is 1. The first-order valence-electron chi connectivity index (χ1n) is 8.71. The number of amides is 2. The maximum Gasteiger partial charge on any atom is 0.250 e. The van der Waals surface area contributed by atoms with Gasteiger partial charge in [-0.1, -0.05) is 23.4 Å². The lowest BCUT2D eigenvalue weighted by Gasteiger charge is -2.14. The van der Waals surface area contributed by atoms with E-state index in [1.54, 1.807) is 13.0 Å². The lowest BCUT2D eigenvalue weighted by Crippen LogP contribution is -2.27. The van der Waals surface area contributed by atoms with E-state index in [0.29, 0.717) is 35.9 Å². The molecular weight excluding hydrogens is 346 g/mol. The predicted molar refractivity (Wildman–Crippen MR) is 98.1 cm³/mol. The Hall–Kier alpha value is -3.42. The first-order valence-corrected chi connectivity index (χ1v) is 8.71. The van der Waals surface area contributed by atoms with Crippen molar-refractivity contribution in [3.8, 4) is 11.5 Å². The zero-order valence-electron chi connectivity index (χ0n) is 14.8. The number of rotatable bonds is 5. The lowest BCUT2D eigenvalue weighted by atomic mass is 9.96. The molecule has 1 aliphatic heterocycles. The zero-order chi connectivity index (χ0) is 19.0. The van der Waals surface area contributed by atoms with Crippen molar-refractivity contribution in [2.75, 3.05) is 11.4 Å². The van der Waals surface area contributed by atoms with E-state index in [1.807, 2.05) is 23.1 Å². The molecule has 1 aromatic carbocycles. The largest absolute Gasteiger partial charge is 0.366 e. The van der Waals surface area contributed by atoms with Gasteiger partial charge in [0.25, 0.3) is 0 Å². The number of hydrogen-bond donors (Lipinski definition) is 2. The van der Waals surface area contributed by atoms with Crippen LogP contribution >= 0.6 is 0 Å². The van der Waals surface area contributed by atoms with Crippen molar-refractivity contribution in [2.24, 2.45) is 5.73 Å². The van der Waals surface area contributed by atoms with Gasteiger partial charge in [0.1, 0.15) is 0 Å². The maximum atomic E-state index is 11.9. The van der Waals surface area contributed by atoms with Crippen LogP contribution in [0.2, 0.25) is 0 Å².